The van der Waals surface area contributed by atoms with Crippen LogP contribution in [0.5, 0.6) is 0 Å². The van der Waals surface area contributed by atoms with Crippen molar-refractivity contribution in [1.82, 2.24) is 24.9 Å². The van der Waals surface area contributed by atoms with Crippen molar-refractivity contribution in [2.45, 2.75) is 32.7 Å². The SMILES string of the molecule is CCNC(=O)N1CCN(C(=O)Nc2cnn([C@@H](C)C3CC3)c2)CC1. The lowest BCUT2D eigenvalue weighted by Crippen LogP contribution is -2.53. The molecule has 1 atom stereocenters. The number of rotatable bonds is 4. The van der Waals surface area contributed by atoms with Gasteiger partial charge in [0.1, 0.15) is 0 Å². The zero-order chi connectivity index (χ0) is 17.1. The molecular formula is C16H26N6O2. The van der Waals surface area contributed by atoms with Crippen LogP contribution in [0.15, 0.2) is 12.4 Å². The average molecular weight is 334 g/mol. The molecule has 2 N–H and O–H groups in total. The molecule has 1 aliphatic carbocycles. The average Bonchev–Trinajstić information content (AvgIpc) is 3.34. The van der Waals surface area contributed by atoms with E-state index < -0.39 is 0 Å². The molecule has 8 nitrogen and oxygen atoms in total. The summed E-state index contributed by atoms with van der Waals surface area (Å²) in [6.45, 7) is 6.85. The van der Waals surface area contributed by atoms with E-state index in [1.54, 1.807) is 16.0 Å². The number of hydrogen-bond acceptors (Lipinski definition) is 3. The van der Waals surface area contributed by atoms with E-state index in [4.69, 9.17) is 0 Å². The van der Waals surface area contributed by atoms with Gasteiger partial charge in [-0.1, -0.05) is 0 Å². The molecule has 1 saturated heterocycles. The largest absolute Gasteiger partial charge is 0.338 e. The summed E-state index contributed by atoms with van der Waals surface area (Å²) >= 11 is 0. The normalized spacial score (nSPS) is 19.1. The number of carbonyl (C=O) groups is 2. The van der Waals surface area contributed by atoms with Crippen LogP contribution in [0.3, 0.4) is 0 Å². The lowest BCUT2D eigenvalue weighted by Gasteiger charge is -2.34. The highest BCUT2D eigenvalue weighted by Gasteiger charge is 2.30. The molecule has 132 valence electrons. The van der Waals surface area contributed by atoms with Crippen LogP contribution in [0.1, 0.15) is 32.7 Å². The summed E-state index contributed by atoms with van der Waals surface area (Å²) in [6, 6.07) is 0.188. The fourth-order valence-corrected chi connectivity index (χ4v) is 3.00. The quantitative estimate of drug-likeness (QED) is 0.880. The third-order valence-electron chi connectivity index (χ3n) is 4.76. The second-order valence-electron chi connectivity index (χ2n) is 6.53. The Hall–Kier alpha value is -2.25. The number of urea groups is 2. The van der Waals surface area contributed by atoms with E-state index >= 15 is 0 Å². The molecule has 0 aromatic carbocycles. The molecule has 2 aliphatic rings. The lowest BCUT2D eigenvalue weighted by atomic mass is 10.2. The van der Waals surface area contributed by atoms with Crippen molar-refractivity contribution in [2.75, 3.05) is 38.0 Å². The zero-order valence-electron chi connectivity index (χ0n) is 14.4. The summed E-state index contributed by atoms with van der Waals surface area (Å²) in [6.07, 6.45) is 6.12. The van der Waals surface area contributed by atoms with E-state index in [9.17, 15) is 9.59 Å². The van der Waals surface area contributed by atoms with Crippen molar-refractivity contribution in [3.63, 3.8) is 0 Å². The minimum atomic E-state index is -0.135. The molecule has 24 heavy (non-hydrogen) atoms. The maximum Gasteiger partial charge on any atom is 0.322 e. The third-order valence-corrected chi connectivity index (χ3v) is 4.76. The predicted octanol–water partition coefficient (Wildman–Crippen LogP) is 1.73. The molecule has 1 aromatic heterocycles. The summed E-state index contributed by atoms with van der Waals surface area (Å²) in [4.78, 5) is 27.6. The van der Waals surface area contributed by atoms with E-state index in [0.29, 0.717) is 38.8 Å². The highest BCUT2D eigenvalue weighted by atomic mass is 16.2. The van der Waals surface area contributed by atoms with Gasteiger partial charge in [0, 0.05) is 38.9 Å². The van der Waals surface area contributed by atoms with Crippen LogP contribution in [-0.4, -0.2) is 64.4 Å². The second-order valence-corrected chi connectivity index (χ2v) is 6.53. The number of piperazine rings is 1. The van der Waals surface area contributed by atoms with Gasteiger partial charge in [0.05, 0.1) is 17.9 Å². The lowest BCUT2D eigenvalue weighted by molar-refractivity contribution is 0.149. The van der Waals surface area contributed by atoms with Crippen LogP contribution in [0.25, 0.3) is 0 Å². The Balaban J connectivity index is 1.48. The van der Waals surface area contributed by atoms with Gasteiger partial charge in [0.2, 0.25) is 0 Å². The minimum absolute atomic E-state index is 0.0621. The molecule has 1 aliphatic heterocycles. The molecule has 2 fully saturated rings. The number of hydrogen-bond donors (Lipinski definition) is 2. The van der Waals surface area contributed by atoms with Gasteiger partial charge in [0.25, 0.3) is 0 Å². The summed E-state index contributed by atoms with van der Waals surface area (Å²) in [5.74, 6) is 0.718. The first kappa shape index (κ1) is 16.6. The van der Waals surface area contributed by atoms with Crippen molar-refractivity contribution in [3.8, 4) is 0 Å². The number of aromatic nitrogens is 2. The predicted molar refractivity (Wildman–Crippen MR) is 90.9 cm³/mol. The molecule has 0 spiro atoms. The Bertz CT molecular complexity index is 589. The smallest absolute Gasteiger partial charge is 0.322 e. The number of anilines is 1. The first-order valence-electron chi connectivity index (χ1n) is 8.71. The molecule has 2 heterocycles. The standard InChI is InChI=1S/C16H26N6O2/c1-3-17-15(23)20-6-8-21(9-7-20)16(24)19-14-10-18-22(11-14)12(2)13-4-5-13/h10-13H,3-9H2,1-2H3,(H,17,23)(H,19,24)/t12-/m0/s1. The monoisotopic (exact) mass is 334 g/mol. The van der Waals surface area contributed by atoms with Crippen molar-refractivity contribution in [1.29, 1.82) is 0 Å². The number of amides is 4. The van der Waals surface area contributed by atoms with Crippen LogP contribution in [0, 0.1) is 5.92 Å². The van der Waals surface area contributed by atoms with Gasteiger partial charge in [-0.05, 0) is 32.6 Å². The fourth-order valence-electron chi connectivity index (χ4n) is 3.00. The molecule has 3 rings (SSSR count). The van der Waals surface area contributed by atoms with E-state index in [1.807, 2.05) is 17.8 Å². The van der Waals surface area contributed by atoms with Gasteiger partial charge >= 0.3 is 12.1 Å². The molecule has 0 unspecified atom stereocenters. The number of nitrogens with one attached hydrogen (secondary N) is 2. The van der Waals surface area contributed by atoms with E-state index in [0.717, 1.165) is 11.6 Å². The molecule has 1 aromatic rings. The highest BCUT2D eigenvalue weighted by molar-refractivity contribution is 5.89. The van der Waals surface area contributed by atoms with E-state index in [1.165, 1.54) is 12.8 Å². The van der Waals surface area contributed by atoms with Gasteiger partial charge in [-0.25, -0.2) is 9.59 Å². The molecule has 0 radical (unpaired) electrons. The zero-order valence-corrected chi connectivity index (χ0v) is 14.4. The summed E-state index contributed by atoms with van der Waals surface area (Å²) in [5.41, 5.74) is 0.721. The molecule has 0 bridgehead atoms. The molecular weight excluding hydrogens is 308 g/mol. The van der Waals surface area contributed by atoms with Gasteiger partial charge in [0.15, 0.2) is 0 Å². The molecule has 8 heteroatoms. The van der Waals surface area contributed by atoms with Gasteiger partial charge in [-0.3, -0.25) is 4.68 Å². The highest BCUT2D eigenvalue weighted by Crippen LogP contribution is 2.39. The topological polar surface area (TPSA) is 82.5 Å². The van der Waals surface area contributed by atoms with E-state index in [-0.39, 0.29) is 12.1 Å². The van der Waals surface area contributed by atoms with Gasteiger partial charge in [-0.2, -0.15) is 5.10 Å². The van der Waals surface area contributed by atoms with Gasteiger partial charge in [-0.15, -0.1) is 0 Å². The first-order valence-corrected chi connectivity index (χ1v) is 8.71. The Kier molecular flexibility index (Phi) is 4.92. The number of carbonyl (C=O) groups excluding carboxylic acids is 2. The molecule has 4 amide bonds. The van der Waals surface area contributed by atoms with Crippen molar-refractivity contribution >= 4 is 17.7 Å². The molecule has 1 saturated carbocycles. The minimum Gasteiger partial charge on any atom is -0.338 e. The fraction of sp³-hybridized carbons (Fsp3) is 0.688. The van der Waals surface area contributed by atoms with Crippen LogP contribution >= 0.6 is 0 Å². The summed E-state index contributed by atoms with van der Waals surface area (Å²) < 4.78 is 1.93. The maximum absolute atomic E-state index is 12.4. The van der Waals surface area contributed by atoms with Crippen LogP contribution in [-0.2, 0) is 0 Å². The van der Waals surface area contributed by atoms with Crippen molar-refractivity contribution in [3.05, 3.63) is 12.4 Å². The Morgan fingerprint density at radius 2 is 1.83 bits per heavy atom. The number of nitrogens with zero attached hydrogens (tertiary/aromatic N) is 4. The summed E-state index contributed by atoms with van der Waals surface area (Å²) in [7, 11) is 0. The van der Waals surface area contributed by atoms with Crippen LogP contribution in [0.2, 0.25) is 0 Å². The van der Waals surface area contributed by atoms with Crippen molar-refractivity contribution in [2.24, 2.45) is 5.92 Å². The second kappa shape index (κ2) is 7.11. The Morgan fingerprint density at radius 3 is 2.42 bits per heavy atom. The first-order chi connectivity index (χ1) is 11.6. The van der Waals surface area contributed by atoms with Crippen LogP contribution < -0.4 is 10.6 Å². The Morgan fingerprint density at radius 1 is 1.21 bits per heavy atom. The van der Waals surface area contributed by atoms with E-state index in [2.05, 4.69) is 22.7 Å². The van der Waals surface area contributed by atoms with Crippen LogP contribution in [0.4, 0.5) is 15.3 Å². The van der Waals surface area contributed by atoms with Gasteiger partial charge < -0.3 is 20.4 Å². The Labute approximate surface area is 142 Å². The van der Waals surface area contributed by atoms with Crippen molar-refractivity contribution < 1.29 is 9.59 Å². The summed E-state index contributed by atoms with van der Waals surface area (Å²) in [5, 5.41) is 10.0. The maximum atomic E-state index is 12.4. The third kappa shape index (κ3) is 3.80.